The third-order valence-electron chi connectivity index (χ3n) is 7.36. The van der Waals surface area contributed by atoms with Gasteiger partial charge in [0.25, 0.3) is 0 Å². The van der Waals surface area contributed by atoms with Crippen molar-refractivity contribution < 1.29 is 19.1 Å². The van der Waals surface area contributed by atoms with E-state index in [0.29, 0.717) is 54.6 Å². The molecule has 2 heterocycles. The summed E-state index contributed by atoms with van der Waals surface area (Å²) in [5.41, 5.74) is 1.48. The molecule has 1 saturated heterocycles. The van der Waals surface area contributed by atoms with Crippen molar-refractivity contribution in [1.29, 1.82) is 0 Å². The summed E-state index contributed by atoms with van der Waals surface area (Å²) in [6, 6.07) is 4.10. The van der Waals surface area contributed by atoms with Crippen molar-refractivity contribution in [1.82, 2.24) is 20.0 Å². The first-order valence-corrected chi connectivity index (χ1v) is 13.5. The molecule has 0 spiro atoms. The maximum absolute atomic E-state index is 13.3. The molecule has 196 valence electrons. The molecule has 3 amide bonds. The molecule has 0 radical (unpaired) electrons. The summed E-state index contributed by atoms with van der Waals surface area (Å²) < 4.78 is 5.44. The van der Waals surface area contributed by atoms with Crippen LogP contribution in [-0.2, 0) is 14.3 Å². The normalized spacial score (nSPS) is 23.4. The molecule has 36 heavy (non-hydrogen) atoms. The monoisotopic (exact) mass is 536 g/mol. The molecule has 0 unspecified atom stereocenters. The number of nitrogens with zero attached hydrogens (tertiary/aromatic N) is 3. The molecule has 3 aliphatic rings. The van der Waals surface area contributed by atoms with E-state index < -0.39 is 12.0 Å². The van der Waals surface area contributed by atoms with Gasteiger partial charge in [0.05, 0.1) is 28.3 Å². The fraction of sp³-hybridized carbons (Fsp3) is 0.577. The van der Waals surface area contributed by atoms with Gasteiger partial charge in [0.1, 0.15) is 0 Å². The summed E-state index contributed by atoms with van der Waals surface area (Å²) in [6.07, 6.45) is 3.09. The molecule has 0 aromatic heterocycles. The third-order valence-corrected chi connectivity index (χ3v) is 8.20. The van der Waals surface area contributed by atoms with Crippen LogP contribution in [0.4, 0.5) is 4.79 Å². The molecule has 1 saturated carbocycles. The quantitative estimate of drug-likeness (QED) is 0.527. The molecule has 2 fully saturated rings. The highest BCUT2D eigenvalue weighted by Crippen LogP contribution is 2.38. The van der Waals surface area contributed by atoms with Crippen molar-refractivity contribution in [3.05, 3.63) is 45.1 Å². The number of benzene rings is 1. The van der Waals surface area contributed by atoms with Crippen LogP contribution in [0.25, 0.3) is 0 Å². The van der Waals surface area contributed by atoms with Gasteiger partial charge in [-0.05, 0) is 45.2 Å². The van der Waals surface area contributed by atoms with Crippen molar-refractivity contribution in [3.63, 3.8) is 0 Å². The van der Waals surface area contributed by atoms with E-state index in [1.165, 1.54) is 0 Å². The predicted molar refractivity (Wildman–Crippen MR) is 139 cm³/mol. The zero-order chi connectivity index (χ0) is 26.0. The number of carbonyl (C=O) groups excluding carboxylic acids is 3. The summed E-state index contributed by atoms with van der Waals surface area (Å²) in [5.74, 6) is -0.0838. The second kappa shape index (κ2) is 11.4. The summed E-state index contributed by atoms with van der Waals surface area (Å²) in [7, 11) is 0. The number of hydrogen-bond donors (Lipinski definition) is 1. The van der Waals surface area contributed by atoms with Crippen LogP contribution in [0, 0.1) is 5.92 Å². The summed E-state index contributed by atoms with van der Waals surface area (Å²) in [4.78, 5) is 45.1. The van der Waals surface area contributed by atoms with E-state index in [1.54, 1.807) is 30.0 Å². The molecule has 1 aromatic carbocycles. The SMILES string of the molecule is CCOC(=O)C1=C(CN2CCN(C(=O)C3CCC3)[C@@H](C)C2)N(CC)C(=O)N[C@H]1c1cccc(Cl)c1Cl. The van der Waals surface area contributed by atoms with E-state index >= 15 is 0 Å². The maximum atomic E-state index is 13.3. The first-order chi connectivity index (χ1) is 17.3. The van der Waals surface area contributed by atoms with Crippen LogP contribution in [0.3, 0.4) is 0 Å². The Morgan fingerprint density at radius 2 is 1.92 bits per heavy atom. The number of halogens is 2. The molecule has 1 N–H and O–H groups in total. The Labute approximate surface area is 222 Å². The van der Waals surface area contributed by atoms with Crippen molar-refractivity contribution in [2.75, 3.05) is 39.3 Å². The van der Waals surface area contributed by atoms with E-state index in [1.807, 2.05) is 11.8 Å². The minimum absolute atomic E-state index is 0.0455. The molecular formula is C26H34Cl2N4O4. The molecule has 1 aliphatic carbocycles. The van der Waals surface area contributed by atoms with Gasteiger partial charge >= 0.3 is 12.0 Å². The average molecular weight is 537 g/mol. The van der Waals surface area contributed by atoms with Crippen LogP contribution in [0.1, 0.15) is 51.6 Å². The average Bonchev–Trinajstić information content (AvgIpc) is 2.79. The van der Waals surface area contributed by atoms with Crippen molar-refractivity contribution in [3.8, 4) is 0 Å². The Kier molecular flexibility index (Phi) is 8.48. The molecule has 0 bridgehead atoms. The second-order valence-corrected chi connectivity index (χ2v) is 10.4. The second-order valence-electron chi connectivity index (χ2n) is 9.59. The lowest BCUT2D eigenvalue weighted by Crippen LogP contribution is -2.57. The third kappa shape index (κ3) is 5.22. The maximum Gasteiger partial charge on any atom is 0.338 e. The molecular weight excluding hydrogens is 503 g/mol. The number of likely N-dealkylation sites (N-methyl/N-ethyl adjacent to an activating group) is 1. The van der Waals surface area contributed by atoms with Crippen molar-refractivity contribution in [2.45, 2.75) is 52.1 Å². The molecule has 2 atom stereocenters. The lowest BCUT2D eigenvalue weighted by atomic mass is 9.84. The molecule has 4 rings (SSSR count). The lowest BCUT2D eigenvalue weighted by Gasteiger charge is -2.44. The Hall–Kier alpha value is -2.29. The first-order valence-electron chi connectivity index (χ1n) is 12.7. The number of carbonyl (C=O) groups is 3. The number of amides is 3. The van der Waals surface area contributed by atoms with E-state index in [9.17, 15) is 14.4 Å². The van der Waals surface area contributed by atoms with Gasteiger partial charge in [-0.1, -0.05) is 41.8 Å². The number of hydrogen-bond acceptors (Lipinski definition) is 5. The van der Waals surface area contributed by atoms with Crippen LogP contribution < -0.4 is 5.32 Å². The number of ether oxygens (including phenoxy) is 1. The van der Waals surface area contributed by atoms with Gasteiger partial charge in [-0.15, -0.1) is 0 Å². The highest BCUT2D eigenvalue weighted by molar-refractivity contribution is 6.42. The van der Waals surface area contributed by atoms with E-state index in [4.69, 9.17) is 27.9 Å². The van der Waals surface area contributed by atoms with Gasteiger partial charge in [0.15, 0.2) is 0 Å². The van der Waals surface area contributed by atoms with Crippen LogP contribution in [-0.4, -0.2) is 78.0 Å². The Morgan fingerprint density at radius 3 is 2.53 bits per heavy atom. The van der Waals surface area contributed by atoms with Crippen molar-refractivity contribution in [2.24, 2.45) is 5.92 Å². The van der Waals surface area contributed by atoms with Gasteiger partial charge in [-0.3, -0.25) is 14.6 Å². The minimum atomic E-state index is -0.792. The standard InChI is InChI=1S/C26H34Cl2N4O4/c1-4-31-20(15-30-12-13-32(16(3)14-30)24(33)17-8-6-9-17)21(25(34)36-5-2)23(29-26(31)35)18-10-7-11-19(27)22(18)28/h7,10-11,16-17,23H,4-6,8-9,12-15H2,1-3H3,(H,29,35)/t16-,23-/m0/s1. The number of nitrogens with one attached hydrogen (secondary N) is 1. The van der Waals surface area contributed by atoms with E-state index in [0.717, 1.165) is 19.3 Å². The minimum Gasteiger partial charge on any atom is -0.463 e. The molecule has 2 aliphatic heterocycles. The fourth-order valence-corrected chi connectivity index (χ4v) is 5.66. The number of rotatable bonds is 7. The summed E-state index contributed by atoms with van der Waals surface area (Å²) in [6.45, 7) is 8.57. The van der Waals surface area contributed by atoms with E-state index in [-0.39, 0.29) is 35.5 Å². The fourth-order valence-electron chi connectivity index (χ4n) is 5.24. The number of piperazine rings is 1. The Bertz CT molecular complexity index is 1060. The topological polar surface area (TPSA) is 82.2 Å². The number of urea groups is 1. The molecule has 10 heteroatoms. The zero-order valence-electron chi connectivity index (χ0n) is 21.1. The van der Waals surface area contributed by atoms with Gasteiger partial charge in [-0.2, -0.15) is 0 Å². The van der Waals surface area contributed by atoms with Gasteiger partial charge in [0, 0.05) is 50.4 Å². The highest BCUT2D eigenvalue weighted by Gasteiger charge is 2.40. The predicted octanol–water partition coefficient (Wildman–Crippen LogP) is 4.23. The largest absolute Gasteiger partial charge is 0.463 e. The van der Waals surface area contributed by atoms with Gasteiger partial charge in [0.2, 0.25) is 5.91 Å². The smallest absolute Gasteiger partial charge is 0.338 e. The van der Waals surface area contributed by atoms with Crippen LogP contribution in [0.5, 0.6) is 0 Å². The zero-order valence-corrected chi connectivity index (χ0v) is 22.6. The highest BCUT2D eigenvalue weighted by atomic mass is 35.5. The summed E-state index contributed by atoms with van der Waals surface area (Å²) >= 11 is 12.8. The van der Waals surface area contributed by atoms with Crippen LogP contribution in [0.2, 0.25) is 10.0 Å². The Balaban J connectivity index is 1.67. The van der Waals surface area contributed by atoms with Gasteiger partial charge < -0.3 is 15.0 Å². The molecule has 8 nitrogen and oxygen atoms in total. The van der Waals surface area contributed by atoms with Crippen LogP contribution >= 0.6 is 23.2 Å². The summed E-state index contributed by atoms with van der Waals surface area (Å²) in [5, 5.41) is 3.55. The van der Waals surface area contributed by atoms with Gasteiger partial charge in [-0.25, -0.2) is 9.59 Å². The Morgan fingerprint density at radius 1 is 1.17 bits per heavy atom. The number of esters is 1. The lowest BCUT2D eigenvalue weighted by molar-refractivity contribution is -0.142. The van der Waals surface area contributed by atoms with E-state index in [2.05, 4.69) is 17.1 Å². The van der Waals surface area contributed by atoms with Crippen molar-refractivity contribution >= 4 is 41.1 Å². The van der Waals surface area contributed by atoms with Crippen LogP contribution in [0.15, 0.2) is 29.5 Å². The first kappa shape index (κ1) is 26.8. The molecule has 1 aromatic rings.